The lowest BCUT2D eigenvalue weighted by Gasteiger charge is -2.52. The molecule has 0 aliphatic heterocycles. The molecule has 2 atom stereocenters. The second-order valence-corrected chi connectivity index (χ2v) is 5.88. The number of rotatable bonds is 5. The highest BCUT2D eigenvalue weighted by Gasteiger charge is 2.46. The maximum atomic E-state index is 3.43. The van der Waals surface area contributed by atoms with Crippen LogP contribution in [0.3, 0.4) is 0 Å². The molecule has 1 aliphatic rings. The van der Waals surface area contributed by atoms with E-state index in [1.54, 1.807) is 5.57 Å². The molecule has 1 heteroatoms. The van der Waals surface area contributed by atoms with Gasteiger partial charge in [-0.05, 0) is 57.9 Å². The summed E-state index contributed by atoms with van der Waals surface area (Å²) in [6.45, 7) is 11.6. The number of allylic oxidation sites excluding steroid dienone is 2. The van der Waals surface area contributed by atoms with Gasteiger partial charge in [0.1, 0.15) is 0 Å². The Hall–Kier alpha value is -0.300. The van der Waals surface area contributed by atoms with Gasteiger partial charge in [-0.3, -0.25) is 0 Å². The first-order valence-electron chi connectivity index (χ1n) is 6.78. The zero-order valence-corrected chi connectivity index (χ0v) is 11.9. The van der Waals surface area contributed by atoms with Crippen LogP contribution in [0.25, 0.3) is 0 Å². The summed E-state index contributed by atoms with van der Waals surface area (Å²) >= 11 is 0. The van der Waals surface area contributed by atoms with Crippen LogP contribution in [0.1, 0.15) is 53.9 Å². The zero-order chi connectivity index (χ0) is 12.3. The predicted octanol–water partition coefficient (Wildman–Crippen LogP) is 4.00. The highest BCUT2D eigenvalue weighted by Crippen LogP contribution is 2.54. The third-order valence-corrected chi connectivity index (χ3v) is 4.92. The molecule has 0 aromatic carbocycles. The average Bonchev–Trinajstić information content (AvgIpc) is 2.24. The van der Waals surface area contributed by atoms with Crippen LogP contribution in [0.15, 0.2) is 11.6 Å². The molecule has 0 heterocycles. The Morgan fingerprint density at radius 3 is 2.44 bits per heavy atom. The topological polar surface area (TPSA) is 12.0 Å². The van der Waals surface area contributed by atoms with Gasteiger partial charge in [0.05, 0.1) is 0 Å². The van der Waals surface area contributed by atoms with Gasteiger partial charge in [-0.25, -0.2) is 0 Å². The highest BCUT2D eigenvalue weighted by atomic mass is 14.9. The first-order valence-corrected chi connectivity index (χ1v) is 6.78. The van der Waals surface area contributed by atoms with Gasteiger partial charge >= 0.3 is 0 Å². The fourth-order valence-electron chi connectivity index (χ4n) is 3.58. The summed E-state index contributed by atoms with van der Waals surface area (Å²) in [6, 6.07) is 0.641. The van der Waals surface area contributed by atoms with Crippen molar-refractivity contribution in [1.82, 2.24) is 5.32 Å². The summed E-state index contributed by atoms with van der Waals surface area (Å²) < 4.78 is 0. The number of nitrogens with one attached hydrogen (secondary N) is 1. The third-order valence-electron chi connectivity index (χ3n) is 4.92. The van der Waals surface area contributed by atoms with E-state index < -0.39 is 0 Å². The molecule has 0 aromatic heterocycles. The Balaban J connectivity index is 2.61. The van der Waals surface area contributed by atoms with E-state index in [1.807, 2.05) is 0 Å². The molecule has 0 saturated heterocycles. The monoisotopic (exact) mass is 223 g/mol. The van der Waals surface area contributed by atoms with Crippen molar-refractivity contribution in [3.05, 3.63) is 11.6 Å². The van der Waals surface area contributed by atoms with E-state index in [0.29, 0.717) is 11.5 Å². The van der Waals surface area contributed by atoms with Gasteiger partial charge in [-0.1, -0.05) is 31.9 Å². The summed E-state index contributed by atoms with van der Waals surface area (Å²) in [5.74, 6) is 1.67. The van der Waals surface area contributed by atoms with Gasteiger partial charge in [0.2, 0.25) is 0 Å². The van der Waals surface area contributed by atoms with Crippen LogP contribution in [0.5, 0.6) is 0 Å². The van der Waals surface area contributed by atoms with Crippen LogP contribution < -0.4 is 5.32 Å². The largest absolute Gasteiger partial charge is 0.317 e. The first kappa shape index (κ1) is 13.8. The Morgan fingerprint density at radius 2 is 2.06 bits per heavy atom. The van der Waals surface area contributed by atoms with Crippen molar-refractivity contribution in [2.24, 2.45) is 17.3 Å². The minimum atomic E-state index is 0.562. The molecule has 2 unspecified atom stereocenters. The maximum absolute atomic E-state index is 3.43. The average molecular weight is 223 g/mol. The van der Waals surface area contributed by atoms with Crippen LogP contribution >= 0.6 is 0 Å². The molecule has 0 amide bonds. The van der Waals surface area contributed by atoms with E-state index in [4.69, 9.17) is 0 Å². The van der Waals surface area contributed by atoms with Crippen molar-refractivity contribution in [3.8, 4) is 0 Å². The molecule has 1 nitrogen and oxygen atoms in total. The lowest BCUT2D eigenvalue weighted by molar-refractivity contribution is 0.00904. The minimum absolute atomic E-state index is 0.562. The van der Waals surface area contributed by atoms with E-state index in [9.17, 15) is 0 Å². The fraction of sp³-hybridized carbons (Fsp3) is 0.867. The van der Waals surface area contributed by atoms with Crippen LogP contribution in [0.4, 0.5) is 0 Å². The summed E-state index contributed by atoms with van der Waals surface area (Å²) in [4.78, 5) is 0. The van der Waals surface area contributed by atoms with Crippen molar-refractivity contribution in [2.75, 3.05) is 7.05 Å². The Kier molecular flexibility index (Phi) is 4.61. The van der Waals surface area contributed by atoms with E-state index in [2.05, 4.69) is 53.1 Å². The van der Waals surface area contributed by atoms with Crippen molar-refractivity contribution in [1.29, 1.82) is 0 Å². The van der Waals surface area contributed by atoms with E-state index in [0.717, 1.165) is 11.8 Å². The Labute approximate surface area is 102 Å². The van der Waals surface area contributed by atoms with E-state index >= 15 is 0 Å². The number of hydrogen-bond donors (Lipinski definition) is 1. The normalized spacial score (nSPS) is 34.4. The van der Waals surface area contributed by atoms with Gasteiger partial charge in [0, 0.05) is 6.04 Å². The van der Waals surface area contributed by atoms with Crippen LogP contribution in [-0.2, 0) is 0 Å². The third kappa shape index (κ3) is 2.51. The molecule has 0 spiro atoms. The first-order chi connectivity index (χ1) is 7.48. The quantitative estimate of drug-likeness (QED) is 0.695. The standard InChI is InChI=1S/C15H29N/c1-7-11(3)13-9-15(5,10-13)14(8-2)12(4)16-6/h7,12-14,16H,8-10H2,1-6H3/b11-7-. The summed E-state index contributed by atoms with van der Waals surface area (Å²) in [7, 11) is 2.09. The molecule has 0 radical (unpaired) electrons. The van der Waals surface area contributed by atoms with Crippen LogP contribution in [0, 0.1) is 17.3 Å². The molecule has 0 aromatic rings. The lowest BCUT2D eigenvalue weighted by atomic mass is 9.53. The molecule has 1 N–H and O–H groups in total. The van der Waals surface area contributed by atoms with Crippen LogP contribution in [-0.4, -0.2) is 13.1 Å². The zero-order valence-electron chi connectivity index (χ0n) is 11.9. The second-order valence-electron chi connectivity index (χ2n) is 5.88. The van der Waals surface area contributed by atoms with Crippen molar-refractivity contribution < 1.29 is 0 Å². The van der Waals surface area contributed by atoms with Crippen molar-refractivity contribution >= 4 is 0 Å². The van der Waals surface area contributed by atoms with Crippen molar-refractivity contribution in [2.45, 2.75) is 59.9 Å². The summed E-state index contributed by atoms with van der Waals surface area (Å²) in [5.41, 5.74) is 2.15. The van der Waals surface area contributed by atoms with E-state index in [1.165, 1.54) is 19.3 Å². The van der Waals surface area contributed by atoms with Gasteiger partial charge in [0.25, 0.3) is 0 Å². The van der Waals surface area contributed by atoms with Crippen molar-refractivity contribution in [3.63, 3.8) is 0 Å². The molecular weight excluding hydrogens is 194 g/mol. The molecule has 94 valence electrons. The molecule has 1 saturated carbocycles. The molecule has 1 rings (SSSR count). The lowest BCUT2D eigenvalue weighted by Crippen LogP contribution is -2.48. The van der Waals surface area contributed by atoms with Crippen LogP contribution in [0.2, 0.25) is 0 Å². The molecule has 1 fully saturated rings. The fourth-order valence-corrected chi connectivity index (χ4v) is 3.58. The molecule has 1 aliphatic carbocycles. The maximum Gasteiger partial charge on any atom is 0.00691 e. The summed E-state index contributed by atoms with van der Waals surface area (Å²) in [5, 5.41) is 3.43. The summed E-state index contributed by atoms with van der Waals surface area (Å²) in [6.07, 6.45) is 6.34. The van der Waals surface area contributed by atoms with E-state index in [-0.39, 0.29) is 0 Å². The minimum Gasteiger partial charge on any atom is -0.317 e. The Morgan fingerprint density at radius 1 is 1.50 bits per heavy atom. The predicted molar refractivity (Wildman–Crippen MR) is 72.6 cm³/mol. The second kappa shape index (κ2) is 5.35. The van der Waals surface area contributed by atoms with Gasteiger partial charge in [-0.15, -0.1) is 0 Å². The number of hydrogen-bond acceptors (Lipinski definition) is 1. The molecule has 16 heavy (non-hydrogen) atoms. The van der Waals surface area contributed by atoms with Gasteiger partial charge in [0.15, 0.2) is 0 Å². The van der Waals surface area contributed by atoms with Gasteiger partial charge in [-0.2, -0.15) is 0 Å². The Bertz CT molecular complexity index is 248. The smallest absolute Gasteiger partial charge is 0.00691 e. The highest BCUT2D eigenvalue weighted by molar-refractivity contribution is 5.12. The SMILES string of the molecule is C/C=C(/C)C1CC(C)(C(CC)C(C)NC)C1. The molecular formula is C15H29N. The van der Waals surface area contributed by atoms with Gasteiger partial charge < -0.3 is 5.32 Å². The molecule has 0 bridgehead atoms.